The van der Waals surface area contributed by atoms with E-state index >= 15 is 0 Å². The summed E-state index contributed by atoms with van der Waals surface area (Å²) in [4.78, 5) is 13.8. The lowest BCUT2D eigenvalue weighted by molar-refractivity contribution is 0.340. The Kier molecular flexibility index (Phi) is 4.10. The molecular formula is C19H21N3OS. The van der Waals surface area contributed by atoms with Gasteiger partial charge in [0.05, 0.1) is 18.0 Å². The van der Waals surface area contributed by atoms with E-state index < -0.39 is 0 Å². The van der Waals surface area contributed by atoms with Crippen LogP contribution in [0.1, 0.15) is 36.2 Å². The molecule has 3 heterocycles. The molecule has 24 heavy (non-hydrogen) atoms. The van der Waals surface area contributed by atoms with Gasteiger partial charge in [0.25, 0.3) is 0 Å². The van der Waals surface area contributed by atoms with Gasteiger partial charge in [0, 0.05) is 11.4 Å². The Morgan fingerprint density at radius 1 is 1.25 bits per heavy atom. The van der Waals surface area contributed by atoms with Crippen LogP contribution in [0, 0.1) is 6.92 Å². The van der Waals surface area contributed by atoms with E-state index in [9.17, 15) is 0 Å². The van der Waals surface area contributed by atoms with E-state index in [2.05, 4.69) is 52.1 Å². The first-order valence-electron chi connectivity index (χ1n) is 8.47. The molecule has 1 aliphatic heterocycles. The number of fused-ring (bicyclic) bond motifs is 1. The SMILES string of the molecule is CCOc1ccc(C2CCCN2c2ncnc3sc(C)cc23)cc1. The third-order valence-corrected chi connectivity index (χ3v) is 5.49. The zero-order valence-electron chi connectivity index (χ0n) is 14.0. The molecule has 0 aliphatic carbocycles. The molecule has 0 radical (unpaired) electrons. The van der Waals surface area contributed by atoms with E-state index in [1.165, 1.54) is 22.2 Å². The maximum absolute atomic E-state index is 5.56. The Balaban J connectivity index is 1.69. The molecule has 0 N–H and O–H groups in total. The first-order chi connectivity index (χ1) is 11.8. The molecule has 5 heteroatoms. The Bertz CT molecular complexity index is 843. The number of hydrogen-bond acceptors (Lipinski definition) is 5. The van der Waals surface area contributed by atoms with Gasteiger partial charge in [-0.05, 0) is 50.5 Å². The molecule has 3 aromatic rings. The normalized spacial score (nSPS) is 17.6. The minimum Gasteiger partial charge on any atom is -0.494 e. The fourth-order valence-corrected chi connectivity index (χ4v) is 4.35. The lowest BCUT2D eigenvalue weighted by Gasteiger charge is -2.26. The van der Waals surface area contributed by atoms with E-state index in [4.69, 9.17) is 4.74 Å². The summed E-state index contributed by atoms with van der Waals surface area (Å²) in [5.41, 5.74) is 1.33. The maximum atomic E-state index is 5.56. The molecule has 0 bridgehead atoms. The number of anilines is 1. The molecule has 1 unspecified atom stereocenters. The largest absolute Gasteiger partial charge is 0.494 e. The average Bonchev–Trinajstić information content (AvgIpc) is 3.21. The van der Waals surface area contributed by atoms with E-state index in [-0.39, 0.29) is 0 Å². The molecule has 0 amide bonds. The zero-order valence-corrected chi connectivity index (χ0v) is 14.8. The number of aromatic nitrogens is 2. The van der Waals surface area contributed by atoms with Crippen LogP contribution < -0.4 is 9.64 Å². The van der Waals surface area contributed by atoms with Gasteiger partial charge in [-0.3, -0.25) is 0 Å². The second-order valence-corrected chi connectivity index (χ2v) is 7.36. The van der Waals surface area contributed by atoms with Crippen LogP contribution in [0.5, 0.6) is 5.75 Å². The number of hydrogen-bond donors (Lipinski definition) is 0. The molecule has 0 spiro atoms. The van der Waals surface area contributed by atoms with E-state index in [1.54, 1.807) is 17.7 Å². The van der Waals surface area contributed by atoms with Gasteiger partial charge in [-0.1, -0.05) is 12.1 Å². The molecule has 1 atom stereocenters. The Morgan fingerprint density at radius 2 is 2.08 bits per heavy atom. The molecule has 0 saturated carbocycles. The predicted molar refractivity (Wildman–Crippen MR) is 99.1 cm³/mol. The van der Waals surface area contributed by atoms with Crippen molar-refractivity contribution in [1.29, 1.82) is 0 Å². The van der Waals surface area contributed by atoms with Gasteiger partial charge < -0.3 is 9.64 Å². The number of benzene rings is 1. The van der Waals surface area contributed by atoms with Crippen LogP contribution in [0.4, 0.5) is 5.82 Å². The molecule has 2 aromatic heterocycles. The Hall–Kier alpha value is -2.14. The van der Waals surface area contributed by atoms with Crippen molar-refractivity contribution in [1.82, 2.24) is 9.97 Å². The summed E-state index contributed by atoms with van der Waals surface area (Å²) in [5.74, 6) is 2.00. The molecule has 124 valence electrons. The van der Waals surface area contributed by atoms with Gasteiger partial charge in [0.2, 0.25) is 0 Å². The van der Waals surface area contributed by atoms with Crippen LogP contribution >= 0.6 is 11.3 Å². The number of rotatable bonds is 4. The second kappa shape index (κ2) is 6.40. The average molecular weight is 339 g/mol. The highest BCUT2D eigenvalue weighted by Crippen LogP contribution is 2.39. The highest BCUT2D eigenvalue weighted by atomic mass is 32.1. The van der Waals surface area contributed by atoms with Crippen molar-refractivity contribution >= 4 is 27.4 Å². The minimum atomic E-state index is 0.374. The smallest absolute Gasteiger partial charge is 0.141 e. The Morgan fingerprint density at radius 3 is 2.88 bits per heavy atom. The molecule has 1 saturated heterocycles. The summed E-state index contributed by atoms with van der Waals surface area (Å²) >= 11 is 1.74. The summed E-state index contributed by atoms with van der Waals surface area (Å²) in [6.45, 7) is 5.88. The van der Waals surface area contributed by atoms with Crippen LogP contribution in [-0.2, 0) is 0 Å². The molecule has 4 rings (SSSR count). The van der Waals surface area contributed by atoms with Crippen LogP contribution in [0.15, 0.2) is 36.7 Å². The van der Waals surface area contributed by atoms with Crippen molar-refractivity contribution in [3.63, 3.8) is 0 Å². The highest BCUT2D eigenvalue weighted by Gasteiger charge is 2.28. The molecular weight excluding hydrogens is 318 g/mol. The van der Waals surface area contributed by atoms with Gasteiger partial charge in [0.1, 0.15) is 22.7 Å². The topological polar surface area (TPSA) is 38.2 Å². The third kappa shape index (κ3) is 2.73. The predicted octanol–water partition coefficient (Wildman–Crippen LogP) is 4.74. The van der Waals surface area contributed by atoms with Gasteiger partial charge >= 0.3 is 0 Å². The number of ether oxygens (including phenoxy) is 1. The summed E-state index contributed by atoms with van der Waals surface area (Å²) < 4.78 is 5.56. The van der Waals surface area contributed by atoms with Crippen molar-refractivity contribution in [3.05, 3.63) is 47.1 Å². The van der Waals surface area contributed by atoms with Crippen LogP contribution in [-0.4, -0.2) is 23.1 Å². The number of aryl methyl sites for hydroxylation is 1. The molecule has 4 nitrogen and oxygen atoms in total. The Labute approximate surface area is 146 Å². The van der Waals surface area contributed by atoms with Crippen molar-refractivity contribution in [3.8, 4) is 5.75 Å². The summed E-state index contributed by atoms with van der Waals surface area (Å²) in [5, 5.41) is 1.18. The van der Waals surface area contributed by atoms with Gasteiger partial charge in [0.15, 0.2) is 0 Å². The lowest BCUT2D eigenvalue weighted by Crippen LogP contribution is -2.23. The van der Waals surface area contributed by atoms with Crippen LogP contribution in [0.25, 0.3) is 10.2 Å². The molecule has 1 fully saturated rings. The fourth-order valence-electron chi connectivity index (χ4n) is 3.51. The molecule has 1 aromatic carbocycles. The summed E-state index contributed by atoms with van der Waals surface area (Å²) in [6, 6.07) is 11.1. The first-order valence-corrected chi connectivity index (χ1v) is 9.28. The summed E-state index contributed by atoms with van der Waals surface area (Å²) in [6.07, 6.45) is 4.04. The number of nitrogens with zero attached hydrogens (tertiary/aromatic N) is 3. The van der Waals surface area contributed by atoms with E-state index in [0.29, 0.717) is 12.6 Å². The minimum absolute atomic E-state index is 0.374. The van der Waals surface area contributed by atoms with Crippen LogP contribution in [0.3, 0.4) is 0 Å². The lowest BCUT2D eigenvalue weighted by atomic mass is 10.0. The zero-order chi connectivity index (χ0) is 16.5. The number of thiophene rings is 1. The van der Waals surface area contributed by atoms with E-state index in [0.717, 1.165) is 29.4 Å². The first kappa shape index (κ1) is 15.4. The van der Waals surface area contributed by atoms with Gasteiger partial charge in [-0.25, -0.2) is 9.97 Å². The molecule has 1 aliphatic rings. The summed E-state index contributed by atoms with van der Waals surface area (Å²) in [7, 11) is 0. The standard InChI is InChI=1S/C19H21N3OS/c1-3-23-15-8-6-14(7-9-15)17-5-4-10-22(17)18-16-11-13(2)24-19(16)21-12-20-18/h6-9,11-12,17H,3-5,10H2,1-2H3. The van der Waals surface area contributed by atoms with E-state index in [1.807, 2.05) is 6.92 Å². The maximum Gasteiger partial charge on any atom is 0.141 e. The van der Waals surface area contributed by atoms with Crippen molar-refractivity contribution < 1.29 is 4.74 Å². The van der Waals surface area contributed by atoms with Crippen molar-refractivity contribution in [2.24, 2.45) is 0 Å². The van der Waals surface area contributed by atoms with Crippen molar-refractivity contribution in [2.45, 2.75) is 32.7 Å². The van der Waals surface area contributed by atoms with Gasteiger partial charge in [-0.15, -0.1) is 11.3 Å². The monoisotopic (exact) mass is 339 g/mol. The van der Waals surface area contributed by atoms with Crippen molar-refractivity contribution in [2.75, 3.05) is 18.1 Å². The third-order valence-electron chi connectivity index (χ3n) is 4.53. The highest BCUT2D eigenvalue weighted by molar-refractivity contribution is 7.18. The van der Waals surface area contributed by atoms with Crippen LogP contribution in [0.2, 0.25) is 0 Å². The quantitative estimate of drug-likeness (QED) is 0.688. The van der Waals surface area contributed by atoms with Gasteiger partial charge in [-0.2, -0.15) is 0 Å². The fraction of sp³-hybridized carbons (Fsp3) is 0.368. The second-order valence-electron chi connectivity index (χ2n) is 6.13.